The first-order chi connectivity index (χ1) is 9.04. The molecule has 1 aromatic heterocycles. The SMILES string of the molecule is CC1CCC(C#N)(NC(=O)c2cccc(=O)[nH]2)CC1. The normalized spacial score (nSPS) is 26.4. The zero-order chi connectivity index (χ0) is 13.9. The number of nitrogens with zero attached hydrogens (tertiary/aromatic N) is 1. The van der Waals surface area contributed by atoms with Crippen molar-refractivity contribution in [2.45, 2.75) is 38.1 Å². The molecular weight excluding hydrogens is 242 g/mol. The minimum Gasteiger partial charge on any atom is -0.332 e. The number of nitriles is 1. The molecule has 0 radical (unpaired) electrons. The molecule has 0 unspecified atom stereocenters. The van der Waals surface area contributed by atoms with Gasteiger partial charge in [0.15, 0.2) is 0 Å². The number of nitrogens with one attached hydrogen (secondary N) is 2. The van der Waals surface area contributed by atoms with E-state index < -0.39 is 11.4 Å². The highest BCUT2D eigenvalue weighted by Gasteiger charge is 2.36. The van der Waals surface area contributed by atoms with Gasteiger partial charge in [0.25, 0.3) is 5.91 Å². The van der Waals surface area contributed by atoms with Crippen LogP contribution in [-0.2, 0) is 0 Å². The van der Waals surface area contributed by atoms with Gasteiger partial charge in [-0.3, -0.25) is 9.59 Å². The van der Waals surface area contributed by atoms with Crippen molar-refractivity contribution in [3.05, 3.63) is 34.2 Å². The lowest BCUT2D eigenvalue weighted by atomic mass is 9.78. The van der Waals surface area contributed by atoms with Crippen LogP contribution in [0.1, 0.15) is 43.1 Å². The quantitative estimate of drug-likeness (QED) is 0.845. The first kappa shape index (κ1) is 13.3. The lowest BCUT2D eigenvalue weighted by Crippen LogP contribution is -2.49. The fraction of sp³-hybridized carbons (Fsp3) is 0.500. The molecule has 0 bridgehead atoms. The Kier molecular flexibility index (Phi) is 3.70. The van der Waals surface area contributed by atoms with Crippen molar-refractivity contribution < 1.29 is 4.79 Å². The van der Waals surface area contributed by atoms with Crippen molar-refractivity contribution in [1.29, 1.82) is 5.26 Å². The summed E-state index contributed by atoms with van der Waals surface area (Å²) in [6, 6.07) is 6.63. The van der Waals surface area contributed by atoms with E-state index in [4.69, 9.17) is 0 Å². The average molecular weight is 259 g/mol. The minimum atomic E-state index is -0.795. The lowest BCUT2D eigenvalue weighted by molar-refractivity contribution is 0.0888. The summed E-state index contributed by atoms with van der Waals surface area (Å²) in [6.45, 7) is 2.15. The molecule has 1 fully saturated rings. The van der Waals surface area contributed by atoms with Crippen LogP contribution < -0.4 is 10.9 Å². The van der Waals surface area contributed by atoms with Crippen LogP contribution in [0.5, 0.6) is 0 Å². The number of H-pyrrole nitrogens is 1. The van der Waals surface area contributed by atoms with Crippen LogP contribution in [-0.4, -0.2) is 16.4 Å². The first-order valence-electron chi connectivity index (χ1n) is 6.48. The Morgan fingerprint density at radius 1 is 1.47 bits per heavy atom. The Morgan fingerprint density at radius 2 is 2.16 bits per heavy atom. The Morgan fingerprint density at radius 3 is 2.74 bits per heavy atom. The van der Waals surface area contributed by atoms with Crippen molar-refractivity contribution in [2.24, 2.45) is 5.92 Å². The molecule has 1 heterocycles. The standard InChI is InChI=1S/C14H17N3O2/c1-10-5-7-14(9-15,8-6-10)17-13(19)11-3-2-4-12(18)16-11/h2-4,10H,5-8H2,1H3,(H,16,18)(H,17,19). The van der Waals surface area contributed by atoms with Gasteiger partial charge < -0.3 is 10.3 Å². The van der Waals surface area contributed by atoms with Crippen LogP contribution in [0.3, 0.4) is 0 Å². The number of pyridine rings is 1. The number of rotatable bonds is 2. The highest BCUT2D eigenvalue weighted by Crippen LogP contribution is 2.31. The van der Waals surface area contributed by atoms with Gasteiger partial charge in [0.2, 0.25) is 5.56 Å². The van der Waals surface area contributed by atoms with Gasteiger partial charge in [0.1, 0.15) is 11.2 Å². The number of aromatic nitrogens is 1. The predicted octanol–water partition coefficient (Wildman–Crippen LogP) is 1.58. The van der Waals surface area contributed by atoms with E-state index in [-0.39, 0.29) is 11.3 Å². The average Bonchev–Trinajstić information content (AvgIpc) is 2.42. The summed E-state index contributed by atoms with van der Waals surface area (Å²) in [5.74, 6) is 0.198. The van der Waals surface area contributed by atoms with E-state index in [9.17, 15) is 14.9 Å². The van der Waals surface area contributed by atoms with Gasteiger partial charge in [-0.05, 0) is 37.7 Å². The Hall–Kier alpha value is -2.09. The number of carbonyl (C=O) groups is 1. The van der Waals surface area contributed by atoms with Crippen LogP contribution in [0, 0.1) is 17.2 Å². The second-order valence-corrected chi connectivity index (χ2v) is 5.26. The van der Waals surface area contributed by atoms with Crippen LogP contribution >= 0.6 is 0 Å². The summed E-state index contributed by atoms with van der Waals surface area (Å²) in [5, 5.41) is 12.1. The van der Waals surface area contributed by atoms with Crippen LogP contribution in [0.2, 0.25) is 0 Å². The monoisotopic (exact) mass is 259 g/mol. The topological polar surface area (TPSA) is 85.8 Å². The molecule has 1 aromatic rings. The molecule has 0 aromatic carbocycles. The molecule has 1 saturated carbocycles. The summed E-state index contributed by atoms with van der Waals surface area (Å²) in [5.41, 5.74) is -0.923. The fourth-order valence-corrected chi connectivity index (χ4v) is 2.38. The molecular formula is C14H17N3O2. The summed E-state index contributed by atoms with van der Waals surface area (Å²) < 4.78 is 0. The molecule has 0 saturated heterocycles. The van der Waals surface area contributed by atoms with Crippen LogP contribution in [0.15, 0.2) is 23.0 Å². The molecule has 1 amide bonds. The van der Waals surface area contributed by atoms with Crippen molar-refractivity contribution in [1.82, 2.24) is 10.3 Å². The molecule has 0 spiro atoms. The van der Waals surface area contributed by atoms with E-state index in [0.29, 0.717) is 18.8 Å². The van der Waals surface area contributed by atoms with Gasteiger partial charge in [-0.15, -0.1) is 0 Å². The van der Waals surface area contributed by atoms with E-state index in [2.05, 4.69) is 23.3 Å². The Labute approximate surface area is 111 Å². The van der Waals surface area contributed by atoms with Crippen LogP contribution in [0.25, 0.3) is 0 Å². The Balaban J connectivity index is 2.13. The summed E-state index contributed by atoms with van der Waals surface area (Å²) in [6.07, 6.45) is 3.18. The van der Waals surface area contributed by atoms with Crippen molar-refractivity contribution >= 4 is 5.91 Å². The van der Waals surface area contributed by atoms with E-state index in [1.165, 1.54) is 18.2 Å². The van der Waals surface area contributed by atoms with Gasteiger partial charge in [-0.25, -0.2) is 0 Å². The number of amides is 1. The molecule has 5 nitrogen and oxygen atoms in total. The molecule has 0 atom stereocenters. The second-order valence-electron chi connectivity index (χ2n) is 5.26. The Bertz CT molecular complexity index is 563. The van der Waals surface area contributed by atoms with Gasteiger partial charge in [-0.2, -0.15) is 5.26 Å². The van der Waals surface area contributed by atoms with E-state index >= 15 is 0 Å². The van der Waals surface area contributed by atoms with Gasteiger partial charge >= 0.3 is 0 Å². The molecule has 19 heavy (non-hydrogen) atoms. The molecule has 2 rings (SSSR count). The maximum atomic E-state index is 12.1. The maximum absolute atomic E-state index is 12.1. The molecule has 0 aliphatic heterocycles. The predicted molar refractivity (Wildman–Crippen MR) is 70.5 cm³/mol. The lowest BCUT2D eigenvalue weighted by Gasteiger charge is -2.34. The molecule has 1 aliphatic rings. The van der Waals surface area contributed by atoms with Crippen molar-refractivity contribution in [3.63, 3.8) is 0 Å². The third kappa shape index (κ3) is 3.02. The van der Waals surface area contributed by atoms with Crippen LogP contribution in [0.4, 0.5) is 0 Å². The molecule has 5 heteroatoms. The summed E-state index contributed by atoms with van der Waals surface area (Å²) >= 11 is 0. The highest BCUT2D eigenvalue weighted by molar-refractivity contribution is 5.93. The molecule has 1 aliphatic carbocycles. The zero-order valence-electron chi connectivity index (χ0n) is 10.9. The fourth-order valence-electron chi connectivity index (χ4n) is 2.38. The second kappa shape index (κ2) is 5.27. The van der Waals surface area contributed by atoms with Gasteiger partial charge in [0, 0.05) is 6.07 Å². The third-order valence-corrected chi connectivity index (χ3v) is 3.71. The van der Waals surface area contributed by atoms with Gasteiger partial charge in [0.05, 0.1) is 6.07 Å². The van der Waals surface area contributed by atoms with Crippen molar-refractivity contribution in [2.75, 3.05) is 0 Å². The zero-order valence-corrected chi connectivity index (χ0v) is 10.9. The number of hydrogen-bond acceptors (Lipinski definition) is 3. The number of aromatic amines is 1. The maximum Gasteiger partial charge on any atom is 0.269 e. The largest absolute Gasteiger partial charge is 0.332 e. The summed E-state index contributed by atoms with van der Waals surface area (Å²) in [4.78, 5) is 25.7. The number of carbonyl (C=O) groups excluding carboxylic acids is 1. The van der Waals surface area contributed by atoms with Crippen molar-refractivity contribution in [3.8, 4) is 6.07 Å². The van der Waals surface area contributed by atoms with E-state index in [0.717, 1.165) is 12.8 Å². The number of hydrogen-bond donors (Lipinski definition) is 2. The third-order valence-electron chi connectivity index (χ3n) is 3.71. The molecule has 2 N–H and O–H groups in total. The van der Waals surface area contributed by atoms with E-state index in [1.54, 1.807) is 0 Å². The molecule has 100 valence electrons. The van der Waals surface area contributed by atoms with Gasteiger partial charge in [-0.1, -0.05) is 13.0 Å². The first-order valence-corrected chi connectivity index (χ1v) is 6.48. The smallest absolute Gasteiger partial charge is 0.269 e. The van der Waals surface area contributed by atoms with E-state index in [1.807, 2.05) is 0 Å². The highest BCUT2D eigenvalue weighted by atomic mass is 16.2. The minimum absolute atomic E-state index is 0.195. The summed E-state index contributed by atoms with van der Waals surface area (Å²) in [7, 11) is 0.